The molecule has 1 heterocycles. The molecule has 5 rings (SSSR count). The monoisotopic (exact) mass is 313 g/mol. The lowest BCUT2D eigenvalue weighted by Crippen LogP contribution is -2.65. The van der Waals surface area contributed by atoms with Crippen LogP contribution in [0.4, 0.5) is 0 Å². The van der Waals surface area contributed by atoms with Crippen LogP contribution in [0.1, 0.15) is 54.6 Å². The maximum Gasteiger partial charge on any atom is 0.251 e. The number of aryl methyl sites for hydroxylation is 1. The molecule has 0 spiro atoms. The van der Waals surface area contributed by atoms with E-state index in [0.29, 0.717) is 23.8 Å². The summed E-state index contributed by atoms with van der Waals surface area (Å²) in [4.78, 5) is 28.9. The first-order chi connectivity index (χ1) is 10.9. The molecule has 0 aromatic carbocycles. The summed E-state index contributed by atoms with van der Waals surface area (Å²) in [6.45, 7) is 1.88. The summed E-state index contributed by atoms with van der Waals surface area (Å²) >= 11 is 0. The zero-order valence-corrected chi connectivity index (χ0v) is 13.5. The Morgan fingerprint density at radius 3 is 2.57 bits per heavy atom. The van der Waals surface area contributed by atoms with Crippen molar-refractivity contribution in [2.24, 2.45) is 23.0 Å². The molecule has 4 aliphatic carbocycles. The summed E-state index contributed by atoms with van der Waals surface area (Å²) in [5, 5.41) is 3.27. The highest BCUT2D eigenvalue weighted by molar-refractivity contribution is 5.95. The zero-order chi connectivity index (χ0) is 16.2. The number of nitrogens with two attached hydrogens (primary N) is 1. The van der Waals surface area contributed by atoms with Crippen LogP contribution in [0.15, 0.2) is 18.3 Å². The lowest BCUT2D eigenvalue weighted by Gasteiger charge is -2.61. The minimum absolute atomic E-state index is 0.0583. The van der Waals surface area contributed by atoms with Crippen molar-refractivity contribution in [2.75, 3.05) is 0 Å². The predicted molar refractivity (Wildman–Crippen MR) is 85.5 cm³/mol. The smallest absolute Gasteiger partial charge is 0.251 e. The van der Waals surface area contributed by atoms with Gasteiger partial charge in [0.05, 0.1) is 5.41 Å². The number of aromatic nitrogens is 1. The molecule has 5 heteroatoms. The highest BCUT2D eigenvalue weighted by Gasteiger charge is 2.60. The molecule has 122 valence electrons. The number of hydrogen-bond acceptors (Lipinski definition) is 3. The Morgan fingerprint density at radius 2 is 1.96 bits per heavy atom. The molecule has 1 aromatic rings. The average molecular weight is 313 g/mol. The van der Waals surface area contributed by atoms with E-state index in [-0.39, 0.29) is 17.4 Å². The standard InChI is InChI=1S/C18H23N3O2/c1-11-4-14(2-3-20-11)15(22)21-18-8-12-5-13(9-18)7-17(6-12,10-18)16(19)23/h2-4,12-13H,5-10H2,1H3,(H2,19,23)(H,21,22). The molecule has 0 radical (unpaired) electrons. The Morgan fingerprint density at radius 1 is 1.26 bits per heavy atom. The van der Waals surface area contributed by atoms with Crippen molar-refractivity contribution in [2.45, 2.75) is 51.0 Å². The first kappa shape index (κ1) is 14.7. The number of pyridine rings is 1. The number of nitrogens with one attached hydrogen (secondary N) is 1. The van der Waals surface area contributed by atoms with E-state index in [0.717, 1.165) is 31.4 Å². The van der Waals surface area contributed by atoms with Crippen molar-refractivity contribution < 1.29 is 9.59 Å². The van der Waals surface area contributed by atoms with Gasteiger partial charge in [-0.05, 0) is 69.4 Å². The minimum Gasteiger partial charge on any atom is -0.369 e. The first-order valence-corrected chi connectivity index (χ1v) is 8.45. The van der Waals surface area contributed by atoms with Gasteiger partial charge < -0.3 is 11.1 Å². The third-order valence-corrected chi connectivity index (χ3v) is 6.12. The SMILES string of the molecule is Cc1cc(C(=O)NC23CC4CC(C2)CC(C(N)=O)(C4)C3)ccn1. The number of amides is 2. The topological polar surface area (TPSA) is 85.1 Å². The summed E-state index contributed by atoms with van der Waals surface area (Å²) in [5.41, 5.74) is 6.57. The van der Waals surface area contributed by atoms with E-state index in [4.69, 9.17) is 5.73 Å². The molecular formula is C18H23N3O2. The molecule has 4 bridgehead atoms. The van der Waals surface area contributed by atoms with Gasteiger partial charge in [-0.15, -0.1) is 0 Å². The molecule has 3 N–H and O–H groups in total. The van der Waals surface area contributed by atoms with Gasteiger partial charge in [0.2, 0.25) is 5.91 Å². The van der Waals surface area contributed by atoms with Crippen LogP contribution < -0.4 is 11.1 Å². The van der Waals surface area contributed by atoms with Crippen molar-refractivity contribution in [3.63, 3.8) is 0 Å². The van der Waals surface area contributed by atoms with Gasteiger partial charge in [0.1, 0.15) is 0 Å². The molecule has 4 fully saturated rings. The fourth-order valence-electron chi connectivity index (χ4n) is 5.70. The van der Waals surface area contributed by atoms with Crippen molar-refractivity contribution >= 4 is 11.8 Å². The summed E-state index contributed by atoms with van der Waals surface area (Å²) in [5.74, 6) is 0.800. The summed E-state index contributed by atoms with van der Waals surface area (Å²) in [7, 11) is 0. The van der Waals surface area contributed by atoms with Gasteiger partial charge in [-0.3, -0.25) is 14.6 Å². The molecule has 0 saturated heterocycles. The van der Waals surface area contributed by atoms with Crippen LogP contribution in [0.5, 0.6) is 0 Å². The second kappa shape index (κ2) is 4.79. The molecule has 2 atom stereocenters. The fraction of sp³-hybridized carbons (Fsp3) is 0.611. The van der Waals surface area contributed by atoms with Crippen LogP contribution >= 0.6 is 0 Å². The highest BCUT2D eigenvalue weighted by Crippen LogP contribution is 2.61. The molecule has 4 saturated carbocycles. The number of carbonyl (C=O) groups is 2. The summed E-state index contributed by atoms with van der Waals surface area (Å²) in [6.07, 6.45) is 7.33. The average Bonchev–Trinajstić information content (AvgIpc) is 2.45. The molecule has 1 aromatic heterocycles. The fourth-order valence-corrected chi connectivity index (χ4v) is 5.70. The van der Waals surface area contributed by atoms with E-state index in [1.54, 1.807) is 18.3 Å². The van der Waals surface area contributed by atoms with Gasteiger partial charge in [-0.2, -0.15) is 0 Å². The van der Waals surface area contributed by atoms with Crippen LogP contribution in [-0.2, 0) is 4.79 Å². The van der Waals surface area contributed by atoms with Crippen molar-refractivity contribution in [1.29, 1.82) is 0 Å². The third kappa shape index (κ3) is 2.33. The van der Waals surface area contributed by atoms with Crippen LogP contribution in [0.2, 0.25) is 0 Å². The molecule has 0 aliphatic heterocycles. The van der Waals surface area contributed by atoms with Gasteiger partial charge in [-0.25, -0.2) is 0 Å². The van der Waals surface area contributed by atoms with Gasteiger partial charge >= 0.3 is 0 Å². The van der Waals surface area contributed by atoms with Crippen molar-refractivity contribution in [3.05, 3.63) is 29.6 Å². The molecule has 5 nitrogen and oxygen atoms in total. The Labute approximate surface area is 136 Å². The number of hydrogen-bond donors (Lipinski definition) is 2. The van der Waals surface area contributed by atoms with Crippen LogP contribution in [0.25, 0.3) is 0 Å². The maximum atomic E-state index is 12.7. The minimum atomic E-state index is -0.397. The van der Waals surface area contributed by atoms with Gasteiger partial charge in [0.15, 0.2) is 0 Å². The molecule has 2 amide bonds. The Balaban J connectivity index is 1.61. The van der Waals surface area contributed by atoms with Gasteiger partial charge in [0.25, 0.3) is 5.91 Å². The van der Waals surface area contributed by atoms with E-state index in [1.807, 2.05) is 6.92 Å². The third-order valence-electron chi connectivity index (χ3n) is 6.12. The van der Waals surface area contributed by atoms with E-state index >= 15 is 0 Å². The summed E-state index contributed by atoms with van der Waals surface area (Å²) < 4.78 is 0. The molecular weight excluding hydrogens is 290 g/mol. The first-order valence-electron chi connectivity index (χ1n) is 8.45. The van der Waals surface area contributed by atoms with E-state index in [1.165, 1.54) is 6.42 Å². The van der Waals surface area contributed by atoms with Crippen molar-refractivity contribution in [1.82, 2.24) is 10.3 Å². The Hall–Kier alpha value is -1.91. The summed E-state index contributed by atoms with van der Waals surface area (Å²) in [6, 6.07) is 3.55. The zero-order valence-electron chi connectivity index (χ0n) is 13.5. The molecule has 2 unspecified atom stereocenters. The lowest BCUT2D eigenvalue weighted by atomic mass is 9.46. The maximum absolute atomic E-state index is 12.7. The van der Waals surface area contributed by atoms with Crippen molar-refractivity contribution in [3.8, 4) is 0 Å². The number of nitrogens with zero attached hydrogens (tertiary/aromatic N) is 1. The molecule has 23 heavy (non-hydrogen) atoms. The molecule has 4 aliphatic rings. The quantitative estimate of drug-likeness (QED) is 0.894. The second-order valence-corrected chi connectivity index (χ2v) is 8.03. The lowest BCUT2D eigenvalue weighted by molar-refractivity contribution is -0.146. The van der Waals surface area contributed by atoms with E-state index < -0.39 is 5.41 Å². The highest BCUT2D eigenvalue weighted by atomic mass is 16.2. The Kier molecular flexibility index (Phi) is 3.06. The van der Waals surface area contributed by atoms with E-state index in [2.05, 4.69) is 10.3 Å². The Bertz CT molecular complexity index is 671. The normalized spacial score (nSPS) is 37.6. The van der Waals surface area contributed by atoms with Gasteiger partial charge in [-0.1, -0.05) is 0 Å². The van der Waals surface area contributed by atoms with Crippen LogP contribution in [0.3, 0.4) is 0 Å². The van der Waals surface area contributed by atoms with Crippen LogP contribution in [0, 0.1) is 24.2 Å². The number of carbonyl (C=O) groups excluding carboxylic acids is 2. The number of primary amides is 1. The van der Waals surface area contributed by atoms with E-state index in [9.17, 15) is 9.59 Å². The van der Waals surface area contributed by atoms with Crippen LogP contribution in [-0.4, -0.2) is 22.3 Å². The number of rotatable bonds is 3. The van der Waals surface area contributed by atoms with Gasteiger partial charge in [0, 0.05) is 23.0 Å². The largest absolute Gasteiger partial charge is 0.369 e. The second-order valence-electron chi connectivity index (χ2n) is 8.03. The predicted octanol–water partition coefficient (Wildman–Crippen LogP) is 1.94.